The van der Waals surface area contributed by atoms with Gasteiger partial charge in [-0.1, -0.05) is 23.4 Å². The van der Waals surface area contributed by atoms with Gasteiger partial charge in [-0.3, -0.25) is 4.68 Å². The predicted molar refractivity (Wildman–Crippen MR) is 139 cm³/mol. The van der Waals surface area contributed by atoms with Crippen LogP contribution in [0.3, 0.4) is 0 Å². The zero-order valence-electron chi connectivity index (χ0n) is 21.1. The number of halogens is 4. The molecule has 0 saturated carbocycles. The smallest absolute Gasteiger partial charge is 0.408 e. The molecule has 0 amide bonds. The fraction of sp³-hybridized carbons (Fsp3) is 0.320. The van der Waals surface area contributed by atoms with E-state index in [2.05, 4.69) is 42.3 Å². The van der Waals surface area contributed by atoms with Crippen molar-refractivity contribution < 1.29 is 22.6 Å². The van der Waals surface area contributed by atoms with Gasteiger partial charge in [0.1, 0.15) is 29.7 Å². The summed E-state index contributed by atoms with van der Waals surface area (Å²) in [5.74, 6) is 6.98. The van der Waals surface area contributed by atoms with Crippen molar-refractivity contribution >= 4 is 23.1 Å². The highest BCUT2D eigenvalue weighted by molar-refractivity contribution is 6.29. The average Bonchev–Trinajstić information content (AvgIpc) is 3.47. The topological polar surface area (TPSA) is 131 Å². The first kappa shape index (κ1) is 27.2. The van der Waals surface area contributed by atoms with Crippen LogP contribution in [0.25, 0.3) is 11.4 Å². The number of hydrogen-bond acceptors (Lipinski definition) is 9. The van der Waals surface area contributed by atoms with E-state index in [1.807, 2.05) is 0 Å². The maximum Gasteiger partial charge on any atom is 0.408 e. The van der Waals surface area contributed by atoms with E-state index in [9.17, 15) is 13.2 Å². The van der Waals surface area contributed by atoms with Gasteiger partial charge < -0.3 is 20.5 Å². The lowest BCUT2D eigenvalue weighted by Gasteiger charge is -2.41. The van der Waals surface area contributed by atoms with Crippen LogP contribution in [0, 0.1) is 17.3 Å². The molecule has 208 valence electrons. The molecule has 40 heavy (non-hydrogen) atoms. The molecular formula is C25H23ClF3N9O2. The molecule has 0 aliphatic carbocycles. The Balaban J connectivity index is 1.28. The van der Waals surface area contributed by atoms with Crippen molar-refractivity contribution in [2.24, 2.45) is 12.5 Å². The number of nitrogen functional groups attached to an aromatic ring is 1. The third-order valence-electron chi connectivity index (χ3n) is 5.97. The lowest BCUT2D eigenvalue weighted by molar-refractivity contribution is -0.142. The molecule has 3 N–H and O–H groups in total. The molecular weight excluding hydrogens is 551 g/mol. The summed E-state index contributed by atoms with van der Waals surface area (Å²) in [5.41, 5.74) is 7.49. The standard InChI is InChI=1S/C25H23ClF3N9O2/c1-37-23(18(9-34-37)22-31-5-4-21(30)36-22)40-15-24(13-39-14-24)11-33-19-6-20(26)32-8-17(19)3-2-16-7-35-38(10-16)12-25(27,28)29/h4-10H,11-15H2,1H3,(H,32,33)(H2,30,31,36). The zero-order valence-corrected chi connectivity index (χ0v) is 21.9. The summed E-state index contributed by atoms with van der Waals surface area (Å²) in [5, 5.41) is 11.6. The van der Waals surface area contributed by atoms with Crippen molar-refractivity contribution in [3.8, 4) is 29.1 Å². The van der Waals surface area contributed by atoms with E-state index in [0.29, 0.717) is 66.3 Å². The third kappa shape index (κ3) is 6.44. The number of alkyl halides is 3. The van der Waals surface area contributed by atoms with Crippen LogP contribution in [-0.4, -0.2) is 67.1 Å². The highest BCUT2D eigenvalue weighted by Crippen LogP contribution is 2.33. The number of anilines is 2. The number of nitrogens with two attached hydrogens (primary N) is 1. The lowest BCUT2D eigenvalue weighted by atomic mass is 9.86. The molecule has 5 rings (SSSR count). The first-order valence-corrected chi connectivity index (χ1v) is 12.3. The summed E-state index contributed by atoms with van der Waals surface area (Å²) in [6.07, 6.45) is 2.80. The molecule has 0 atom stereocenters. The average molecular weight is 574 g/mol. The maximum atomic E-state index is 12.6. The molecule has 4 aromatic rings. The van der Waals surface area contributed by atoms with Gasteiger partial charge in [-0.15, -0.1) is 0 Å². The van der Waals surface area contributed by atoms with Gasteiger partial charge in [0.05, 0.1) is 47.8 Å². The van der Waals surface area contributed by atoms with E-state index in [4.69, 9.17) is 26.8 Å². The second-order valence-electron chi connectivity index (χ2n) is 9.27. The quantitative estimate of drug-likeness (QED) is 0.241. The number of hydrogen-bond donors (Lipinski definition) is 2. The van der Waals surface area contributed by atoms with Crippen LogP contribution in [0.15, 0.2) is 43.1 Å². The molecule has 0 spiro atoms. The van der Waals surface area contributed by atoms with E-state index < -0.39 is 12.7 Å². The monoisotopic (exact) mass is 573 g/mol. The summed E-state index contributed by atoms with van der Waals surface area (Å²) in [4.78, 5) is 12.6. The van der Waals surface area contributed by atoms with E-state index >= 15 is 0 Å². The molecule has 1 aliphatic heterocycles. The van der Waals surface area contributed by atoms with Crippen LogP contribution >= 0.6 is 11.6 Å². The maximum absolute atomic E-state index is 12.6. The molecule has 0 bridgehead atoms. The molecule has 1 saturated heterocycles. The van der Waals surface area contributed by atoms with Crippen molar-refractivity contribution in [3.63, 3.8) is 0 Å². The molecule has 1 aliphatic rings. The molecule has 5 heterocycles. The summed E-state index contributed by atoms with van der Waals surface area (Å²) < 4.78 is 51.9. The molecule has 1 fully saturated rings. The van der Waals surface area contributed by atoms with Crippen molar-refractivity contribution in [2.75, 3.05) is 37.4 Å². The number of nitrogens with zero attached hydrogens (tertiary/aromatic N) is 7. The van der Waals surface area contributed by atoms with Crippen molar-refractivity contribution in [1.82, 2.24) is 34.5 Å². The Morgan fingerprint density at radius 1 is 1.20 bits per heavy atom. The zero-order chi connectivity index (χ0) is 28.3. The Labute approximate surface area is 231 Å². The number of rotatable bonds is 8. The number of aromatic nitrogens is 7. The second-order valence-corrected chi connectivity index (χ2v) is 9.66. The molecule has 0 aromatic carbocycles. The van der Waals surface area contributed by atoms with Crippen molar-refractivity contribution in [1.29, 1.82) is 0 Å². The van der Waals surface area contributed by atoms with Gasteiger partial charge in [-0.05, 0) is 12.1 Å². The number of ether oxygens (including phenoxy) is 2. The molecule has 15 heteroatoms. The second kappa shape index (κ2) is 11.0. The fourth-order valence-corrected chi connectivity index (χ4v) is 4.06. The van der Waals surface area contributed by atoms with Crippen LogP contribution in [-0.2, 0) is 18.3 Å². The Morgan fingerprint density at radius 3 is 2.75 bits per heavy atom. The van der Waals surface area contributed by atoms with Crippen molar-refractivity contribution in [3.05, 3.63) is 59.4 Å². The Morgan fingerprint density at radius 2 is 2.02 bits per heavy atom. The van der Waals surface area contributed by atoms with E-state index in [0.717, 1.165) is 4.68 Å². The highest BCUT2D eigenvalue weighted by atomic mass is 35.5. The van der Waals surface area contributed by atoms with Crippen LogP contribution in [0.2, 0.25) is 5.15 Å². The minimum absolute atomic E-state index is 0.253. The first-order valence-electron chi connectivity index (χ1n) is 11.9. The number of aryl methyl sites for hydroxylation is 1. The minimum Gasteiger partial charge on any atom is -0.476 e. The largest absolute Gasteiger partial charge is 0.476 e. The van der Waals surface area contributed by atoms with E-state index in [-0.39, 0.29) is 10.6 Å². The Kier molecular flexibility index (Phi) is 7.51. The van der Waals surface area contributed by atoms with E-state index in [1.165, 1.54) is 18.6 Å². The summed E-state index contributed by atoms with van der Waals surface area (Å²) >= 11 is 6.13. The van der Waals surface area contributed by atoms with Crippen LogP contribution in [0.4, 0.5) is 24.7 Å². The fourth-order valence-electron chi connectivity index (χ4n) is 3.90. The number of pyridine rings is 1. The SMILES string of the molecule is Cn1ncc(-c2nccc(N)n2)c1OCC1(CNc2cc(Cl)ncc2C#Cc2cnn(CC(F)(F)F)c2)COC1. The van der Waals surface area contributed by atoms with Crippen LogP contribution in [0.5, 0.6) is 5.88 Å². The van der Waals surface area contributed by atoms with Gasteiger partial charge >= 0.3 is 6.18 Å². The van der Waals surface area contributed by atoms with Crippen molar-refractivity contribution in [2.45, 2.75) is 12.7 Å². The summed E-state index contributed by atoms with van der Waals surface area (Å²) in [6, 6.07) is 3.22. The third-order valence-corrected chi connectivity index (χ3v) is 6.18. The van der Waals surface area contributed by atoms with Crippen LogP contribution in [0.1, 0.15) is 11.1 Å². The van der Waals surface area contributed by atoms with Gasteiger partial charge in [0.15, 0.2) is 5.82 Å². The molecule has 0 unspecified atom stereocenters. The summed E-state index contributed by atoms with van der Waals surface area (Å²) in [6.45, 7) is 0.448. The minimum atomic E-state index is -4.37. The first-order chi connectivity index (χ1) is 19.1. The lowest BCUT2D eigenvalue weighted by Crippen LogP contribution is -2.52. The number of nitrogens with one attached hydrogen (secondary N) is 1. The molecule has 4 aromatic heterocycles. The van der Waals surface area contributed by atoms with Gasteiger partial charge in [-0.25, -0.2) is 19.6 Å². The molecule has 0 radical (unpaired) electrons. The normalized spacial score (nSPS) is 14.2. The summed E-state index contributed by atoms with van der Waals surface area (Å²) in [7, 11) is 1.75. The highest BCUT2D eigenvalue weighted by Gasteiger charge is 2.40. The van der Waals surface area contributed by atoms with Gasteiger partial charge in [-0.2, -0.15) is 23.4 Å². The van der Waals surface area contributed by atoms with Gasteiger partial charge in [0.25, 0.3) is 0 Å². The Hall–Kier alpha value is -4.35. The van der Waals surface area contributed by atoms with Gasteiger partial charge in [0, 0.05) is 32.2 Å². The van der Waals surface area contributed by atoms with Crippen LogP contribution < -0.4 is 15.8 Å². The van der Waals surface area contributed by atoms with Gasteiger partial charge in [0.2, 0.25) is 5.88 Å². The Bertz CT molecular complexity index is 1570. The molecule has 11 nitrogen and oxygen atoms in total. The van der Waals surface area contributed by atoms with E-state index in [1.54, 1.807) is 36.3 Å². The predicted octanol–water partition coefficient (Wildman–Crippen LogP) is 3.17.